The average molecular weight is 326 g/mol. The lowest BCUT2D eigenvalue weighted by Crippen LogP contribution is -2.14. The van der Waals surface area contributed by atoms with Crippen LogP contribution in [0.5, 0.6) is 0 Å². The standard InChI is InChI=1S/C9H6F3IN2/c10-9(11,12)8-2-6(13)1-5(3-14)7(8)4-15/h1-2H,4,15H2. The highest BCUT2D eigenvalue weighted by atomic mass is 127. The number of rotatable bonds is 1. The molecule has 80 valence electrons. The summed E-state index contributed by atoms with van der Waals surface area (Å²) in [5.74, 6) is 0. The van der Waals surface area contributed by atoms with Crippen molar-refractivity contribution in [3.63, 3.8) is 0 Å². The zero-order valence-corrected chi connectivity index (χ0v) is 9.56. The van der Waals surface area contributed by atoms with Gasteiger partial charge in [-0.25, -0.2) is 0 Å². The Hall–Kier alpha value is -0.810. The molecule has 1 rings (SSSR count). The van der Waals surface area contributed by atoms with Gasteiger partial charge in [0.05, 0.1) is 17.2 Å². The summed E-state index contributed by atoms with van der Waals surface area (Å²) in [5, 5.41) is 8.69. The zero-order chi connectivity index (χ0) is 11.6. The third-order valence-corrected chi connectivity index (χ3v) is 2.47. The molecule has 1 aromatic carbocycles. The van der Waals surface area contributed by atoms with Crippen LogP contribution in [0.25, 0.3) is 0 Å². The Labute approximate surface area is 98.0 Å². The molecule has 0 atom stereocenters. The summed E-state index contributed by atoms with van der Waals surface area (Å²) in [6.45, 7) is -0.297. The third kappa shape index (κ3) is 2.60. The summed E-state index contributed by atoms with van der Waals surface area (Å²) in [7, 11) is 0. The van der Waals surface area contributed by atoms with Crippen LogP contribution in [-0.4, -0.2) is 0 Å². The van der Waals surface area contributed by atoms with E-state index in [4.69, 9.17) is 11.0 Å². The molecular weight excluding hydrogens is 320 g/mol. The van der Waals surface area contributed by atoms with Crippen LogP contribution in [0.15, 0.2) is 12.1 Å². The van der Waals surface area contributed by atoms with E-state index in [0.29, 0.717) is 3.57 Å². The van der Waals surface area contributed by atoms with Crippen LogP contribution in [0.2, 0.25) is 0 Å². The topological polar surface area (TPSA) is 49.8 Å². The van der Waals surface area contributed by atoms with Crippen LogP contribution in [0.3, 0.4) is 0 Å². The predicted octanol–water partition coefficient (Wildman–Crippen LogP) is 2.64. The molecule has 0 saturated heterocycles. The second kappa shape index (κ2) is 4.37. The fourth-order valence-corrected chi connectivity index (χ4v) is 1.83. The van der Waals surface area contributed by atoms with E-state index in [2.05, 4.69) is 0 Å². The van der Waals surface area contributed by atoms with E-state index >= 15 is 0 Å². The Morgan fingerprint density at radius 2 is 2.00 bits per heavy atom. The Bertz CT molecular complexity index is 421. The van der Waals surface area contributed by atoms with Gasteiger partial charge in [-0.05, 0) is 40.3 Å². The van der Waals surface area contributed by atoms with Crippen molar-refractivity contribution in [3.8, 4) is 6.07 Å². The van der Waals surface area contributed by atoms with Crippen LogP contribution in [0, 0.1) is 14.9 Å². The van der Waals surface area contributed by atoms with Gasteiger partial charge in [0, 0.05) is 10.1 Å². The fraction of sp³-hybridized carbons (Fsp3) is 0.222. The molecular formula is C9H6F3IN2. The fourth-order valence-electron chi connectivity index (χ4n) is 1.21. The lowest BCUT2D eigenvalue weighted by molar-refractivity contribution is -0.138. The van der Waals surface area contributed by atoms with E-state index in [1.165, 1.54) is 6.07 Å². The Balaban J connectivity index is 3.51. The van der Waals surface area contributed by atoms with Gasteiger partial charge >= 0.3 is 6.18 Å². The van der Waals surface area contributed by atoms with Crippen molar-refractivity contribution in [2.24, 2.45) is 5.73 Å². The summed E-state index contributed by atoms with van der Waals surface area (Å²) >= 11 is 1.74. The maximum Gasteiger partial charge on any atom is 0.416 e. The molecule has 6 heteroatoms. The lowest BCUT2D eigenvalue weighted by Gasteiger charge is -2.13. The largest absolute Gasteiger partial charge is 0.416 e. The van der Waals surface area contributed by atoms with Crippen molar-refractivity contribution in [2.45, 2.75) is 12.7 Å². The Kier molecular flexibility index (Phi) is 3.57. The highest BCUT2D eigenvalue weighted by Crippen LogP contribution is 2.34. The molecule has 0 fully saturated rings. The molecule has 2 nitrogen and oxygen atoms in total. The van der Waals surface area contributed by atoms with Gasteiger partial charge in [-0.2, -0.15) is 18.4 Å². The maximum atomic E-state index is 12.6. The molecule has 0 radical (unpaired) electrons. The molecule has 0 saturated carbocycles. The van der Waals surface area contributed by atoms with Gasteiger partial charge in [0.1, 0.15) is 0 Å². The van der Waals surface area contributed by atoms with Crippen molar-refractivity contribution in [1.82, 2.24) is 0 Å². The molecule has 0 aliphatic carbocycles. The molecule has 0 bridgehead atoms. The van der Waals surface area contributed by atoms with Crippen molar-refractivity contribution >= 4 is 22.6 Å². The quantitative estimate of drug-likeness (QED) is 0.807. The number of hydrogen-bond acceptors (Lipinski definition) is 2. The van der Waals surface area contributed by atoms with Crippen molar-refractivity contribution in [1.29, 1.82) is 5.26 Å². The first-order valence-electron chi connectivity index (χ1n) is 3.90. The Morgan fingerprint density at radius 1 is 1.40 bits per heavy atom. The second-order valence-electron chi connectivity index (χ2n) is 2.79. The normalized spacial score (nSPS) is 11.2. The summed E-state index contributed by atoms with van der Waals surface area (Å²) in [6, 6.07) is 4.09. The van der Waals surface area contributed by atoms with Crippen LogP contribution in [0.1, 0.15) is 16.7 Å². The van der Waals surface area contributed by atoms with Crippen LogP contribution < -0.4 is 5.73 Å². The second-order valence-corrected chi connectivity index (χ2v) is 4.04. The molecule has 15 heavy (non-hydrogen) atoms. The first-order chi connectivity index (χ1) is 6.90. The summed E-state index contributed by atoms with van der Waals surface area (Å²) in [6.07, 6.45) is -4.47. The molecule has 0 amide bonds. The zero-order valence-electron chi connectivity index (χ0n) is 7.40. The number of hydrogen-bond donors (Lipinski definition) is 1. The smallest absolute Gasteiger partial charge is 0.326 e. The molecule has 0 aromatic heterocycles. The van der Waals surface area contributed by atoms with Gasteiger partial charge in [-0.15, -0.1) is 0 Å². The molecule has 0 spiro atoms. The van der Waals surface area contributed by atoms with Crippen LogP contribution in [0.4, 0.5) is 13.2 Å². The molecule has 2 N–H and O–H groups in total. The molecule has 0 aliphatic rings. The molecule has 0 aliphatic heterocycles. The van der Waals surface area contributed by atoms with Gasteiger partial charge in [0.25, 0.3) is 0 Å². The highest BCUT2D eigenvalue weighted by molar-refractivity contribution is 14.1. The van der Waals surface area contributed by atoms with Gasteiger partial charge in [0.2, 0.25) is 0 Å². The first kappa shape index (κ1) is 12.3. The minimum absolute atomic E-state index is 0.0169. The van der Waals surface area contributed by atoms with E-state index in [1.54, 1.807) is 28.7 Å². The summed E-state index contributed by atoms with van der Waals surface area (Å²) in [5.41, 5.74) is 4.23. The van der Waals surface area contributed by atoms with E-state index in [1.807, 2.05) is 0 Å². The van der Waals surface area contributed by atoms with Gasteiger partial charge in [-0.1, -0.05) is 0 Å². The Morgan fingerprint density at radius 3 is 2.40 bits per heavy atom. The molecule has 1 aromatic rings. The lowest BCUT2D eigenvalue weighted by atomic mass is 10.0. The van der Waals surface area contributed by atoms with Crippen LogP contribution in [-0.2, 0) is 12.7 Å². The van der Waals surface area contributed by atoms with E-state index in [-0.39, 0.29) is 17.7 Å². The van der Waals surface area contributed by atoms with Crippen molar-refractivity contribution in [2.75, 3.05) is 0 Å². The number of nitriles is 1. The van der Waals surface area contributed by atoms with Crippen molar-refractivity contribution < 1.29 is 13.2 Å². The minimum Gasteiger partial charge on any atom is -0.326 e. The SMILES string of the molecule is N#Cc1cc(I)cc(C(F)(F)F)c1CN. The van der Waals surface area contributed by atoms with Crippen LogP contribution >= 0.6 is 22.6 Å². The molecule has 0 heterocycles. The minimum atomic E-state index is -4.47. The van der Waals surface area contributed by atoms with E-state index in [9.17, 15) is 13.2 Å². The van der Waals surface area contributed by atoms with Gasteiger partial charge < -0.3 is 5.73 Å². The van der Waals surface area contributed by atoms with Gasteiger partial charge in [0.15, 0.2) is 0 Å². The monoisotopic (exact) mass is 326 g/mol. The average Bonchev–Trinajstić information content (AvgIpc) is 2.15. The van der Waals surface area contributed by atoms with Crippen molar-refractivity contribution in [3.05, 3.63) is 32.4 Å². The van der Waals surface area contributed by atoms with E-state index in [0.717, 1.165) is 6.07 Å². The summed E-state index contributed by atoms with van der Waals surface area (Å²) < 4.78 is 38.1. The maximum absolute atomic E-state index is 12.6. The predicted molar refractivity (Wildman–Crippen MR) is 56.8 cm³/mol. The number of halogens is 4. The summed E-state index contributed by atoms with van der Waals surface area (Å²) in [4.78, 5) is 0. The highest BCUT2D eigenvalue weighted by Gasteiger charge is 2.34. The first-order valence-corrected chi connectivity index (χ1v) is 4.97. The number of nitrogens with two attached hydrogens (primary N) is 1. The number of nitrogens with zero attached hydrogens (tertiary/aromatic N) is 1. The number of benzene rings is 1. The third-order valence-electron chi connectivity index (χ3n) is 1.84. The van der Waals surface area contributed by atoms with Gasteiger partial charge in [-0.3, -0.25) is 0 Å². The number of alkyl halides is 3. The van der Waals surface area contributed by atoms with E-state index < -0.39 is 11.7 Å². The molecule has 0 unspecified atom stereocenters.